The van der Waals surface area contributed by atoms with Crippen LogP contribution in [-0.4, -0.2) is 17.9 Å². The lowest BCUT2D eigenvalue weighted by Gasteiger charge is -2.14. The maximum absolute atomic E-state index is 12.4. The van der Waals surface area contributed by atoms with Gasteiger partial charge >= 0.3 is 0 Å². The molecule has 21 heavy (non-hydrogen) atoms. The van der Waals surface area contributed by atoms with Crippen molar-refractivity contribution in [2.24, 2.45) is 0 Å². The summed E-state index contributed by atoms with van der Waals surface area (Å²) >= 11 is 0. The van der Waals surface area contributed by atoms with E-state index in [2.05, 4.69) is 30.1 Å². The summed E-state index contributed by atoms with van der Waals surface area (Å²) in [6, 6.07) is 14.2. The fourth-order valence-corrected chi connectivity index (χ4v) is 2.73. The van der Waals surface area contributed by atoms with Crippen LogP contribution in [0.25, 0.3) is 11.1 Å². The molecular weight excluding hydrogens is 260 g/mol. The molecule has 0 unspecified atom stereocenters. The third kappa shape index (κ3) is 2.21. The molecule has 1 aliphatic rings. The Bertz CT molecular complexity index is 716. The fraction of sp³-hybridized carbons (Fsp3) is 0.167. The second-order valence-corrected chi connectivity index (χ2v) is 5.29. The van der Waals surface area contributed by atoms with E-state index in [4.69, 9.17) is 0 Å². The topological polar surface area (TPSA) is 32.3 Å². The van der Waals surface area contributed by atoms with Crippen LogP contribution in [-0.2, 0) is 6.54 Å². The normalized spacial score (nSPS) is 13.2. The summed E-state index contributed by atoms with van der Waals surface area (Å²) in [6.45, 7) is 6.36. The minimum absolute atomic E-state index is 0.0474. The Kier molecular flexibility index (Phi) is 3.26. The van der Waals surface area contributed by atoms with Crippen LogP contribution >= 0.6 is 0 Å². The number of nitrogens with zero attached hydrogens (tertiary/aromatic N) is 1. The largest absolute Gasteiger partial charge is 0.388 e. The standard InChI is InChI=1S/C18H18N2O/c1-12(2)20-11-17-15(5-4-6-16(17)18(20)21)13-7-9-14(19-3)10-8-13/h4-10,19H,1,11H2,2-3H3. The van der Waals surface area contributed by atoms with E-state index in [9.17, 15) is 4.79 Å². The van der Waals surface area contributed by atoms with E-state index >= 15 is 0 Å². The summed E-state index contributed by atoms with van der Waals surface area (Å²) in [5.74, 6) is 0.0474. The number of benzene rings is 2. The van der Waals surface area contributed by atoms with Crippen molar-refractivity contribution in [3.05, 3.63) is 65.9 Å². The van der Waals surface area contributed by atoms with Crippen LogP contribution in [0, 0.1) is 0 Å². The Morgan fingerprint density at radius 2 is 1.81 bits per heavy atom. The van der Waals surface area contributed by atoms with Crippen molar-refractivity contribution >= 4 is 11.6 Å². The van der Waals surface area contributed by atoms with E-state index in [1.807, 2.05) is 38.2 Å². The van der Waals surface area contributed by atoms with Crippen LogP contribution < -0.4 is 5.32 Å². The molecule has 1 N–H and O–H groups in total. The van der Waals surface area contributed by atoms with Gasteiger partial charge in [0, 0.05) is 24.0 Å². The van der Waals surface area contributed by atoms with Crippen molar-refractivity contribution in [2.45, 2.75) is 13.5 Å². The first-order chi connectivity index (χ1) is 10.1. The number of hydrogen-bond acceptors (Lipinski definition) is 2. The maximum Gasteiger partial charge on any atom is 0.258 e. The van der Waals surface area contributed by atoms with Crippen molar-refractivity contribution in [1.29, 1.82) is 0 Å². The Hall–Kier alpha value is -2.55. The van der Waals surface area contributed by atoms with Gasteiger partial charge in [-0.25, -0.2) is 0 Å². The number of amides is 1. The average molecular weight is 278 g/mol. The lowest BCUT2D eigenvalue weighted by Crippen LogP contribution is -2.20. The summed E-state index contributed by atoms with van der Waals surface area (Å²) in [7, 11) is 1.90. The predicted octanol–water partition coefficient (Wildman–Crippen LogP) is 3.88. The van der Waals surface area contributed by atoms with Crippen LogP contribution in [0.4, 0.5) is 5.69 Å². The molecule has 0 spiro atoms. The van der Waals surface area contributed by atoms with Gasteiger partial charge in [-0.2, -0.15) is 0 Å². The van der Waals surface area contributed by atoms with Crippen molar-refractivity contribution in [2.75, 3.05) is 12.4 Å². The zero-order valence-corrected chi connectivity index (χ0v) is 12.3. The van der Waals surface area contributed by atoms with Crippen molar-refractivity contribution in [3.63, 3.8) is 0 Å². The third-order valence-corrected chi connectivity index (χ3v) is 3.91. The first-order valence-corrected chi connectivity index (χ1v) is 6.99. The minimum atomic E-state index is 0.0474. The van der Waals surface area contributed by atoms with Gasteiger partial charge in [-0.3, -0.25) is 4.79 Å². The molecule has 0 radical (unpaired) electrons. The van der Waals surface area contributed by atoms with Crippen molar-refractivity contribution < 1.29 is 4.79 Å². The molecule has 2 aromatic rings. The van der Waals surface area contributed by atoms with Crippen LogP contribution in [0.15, 0.2) is 54.7 Å². The molecule has 0 saturated carbocycles. The molecule has 106 valence electrons. The van der Waals surface area contributed by atoms with E-state index in [0.717, 1.165) is 33.6 Å². The predicted molar refractivity (Wildman–Crippen MR) is 86.1 cm³/mol. The van der Waals surface area contributed by atoms with Crippen LogP contribution in [0.2, 0.25) is 0 Å². The van der Waals surface area contributed by atoms with Gasteiger partial charge in [-0.15, -0.1) is 0 Å². The minimum Gasteiger partial charge on any atom is -0.388 e. The fourth-order valence-electron chi connectivity index (χ4n) is 2.73. The SMILES string of the molecule is C=C(C)N1Cc2c(cccc2-c2ccc(NC)cc2)C1=O. The first-order valence-electron chi connectivity index (χ1n) is 6.99. The molecule has 1 amide bonds. The van der Waals surface area contributed by atoms with Crippen LogP contribution in [0.3, 0.4) is 0 Å². The van der Waals surface area contributed by atoms with E-state index < -0.39 is 0 Å². The van der Waals surface area contributed by atoms with Crippen LogP contribution in [0.1, 0.15) is 22.8 Å². The number of allylic oxidation sites excluding steroid dienone is 1. The van der Waals surface area contributed by atoms with Gasteiger partial charge in [0.15, 0.2) is 0 Å². The van der Waals surface area contributed by atoms with E-state index in [1.165, 1.54) is 0 Å². The molecule has 1 aliphatic heterocycles. The molecule has 0 bridgehead atoms. The molecule has 1 heterocycles. The van der Waals surface area contributed by atoms with Gasteiger partial charge in [-0.1, -0.05) is 30.8 Å². The molecular formula is C18H18N2O. The van der Waals surface area contributed by atoms with Gasteiger partial charge in [-0.05, 0) is 41.8 Å². The van der Waals surface area contributed by atoms with Gasteiger partial charge < -0.3 is 10.2 Å². The Morgan fingerprint density at radius 1 is 1.14 bits per heavy atom. The first kappa shape index (κ1) is 13.4. The molecule has 0 aromatic heterocycles. The molecule has 2 aromatic carbocycles. The molecule has 3 nitrogen and oxygen atoms in total. The Balaban J connectivity index is 2.07. The summed E-state index contributed by atoms with van der Waals surface area (Å²) in [6.07, 6.45) is 0. The van der Waals surface area contributed by atoms with Gasteiger partial charge in [0.05, 0.1) is 6.54 Å². The van der Waals surface area contributed by atoms with E-state index in [-0.39, 0.29) is 5.91 Å². The number of anilines is 1. The number of rotatable bonds is 3. The highest BCUT2D eigenvalue weighted by Crippen LogP contribution is 2.34. The number of carbonyl (C=O) groups is 1. The number of nitrogens with one attached hydrogen (secondary N) is 1. The summed E-state index contributed by atoms with van der Waals surface area (Å²) in [5.41, 5.74) is 5.98. The highest BCUT2D eigenvalue weighted by molar-refractivity contribution is 6.01. The highest BCUT2D eigenvalue weighted by atomic mass is 16.2. The monoisotopic (exact) mass is 278 g/mol. The highest BCUT2D eigenvalue weighted by Gasteiger charge is 2.29. The molecule has 0 fully saturated rings. The third-order valence-electron chi connectivity index (χ3n) is 3.91. The Labute approximate surface area is 124 Å². The van der Waals surface area contributed by atoms with Gasteiger partial charge in [0.25, 0.3) is 5.91 Å². The van der Waals surface area contributed by atoms with Crippen LogP contribution in [0.5, 0.6) is 0 Å². The van der Waals surface area contributed by atoms with E-state index in [0.29, 0.717) is 6.54 Å². The summed E-state index contributed by atoms with van der Waals surface area (Å²) in [5, 5.41) is 3.11. The smallest absolute Gasteiger partial charge is 0.258 e. The zero-order valence-electron chi connectivity index (χ0n) is 12.3. The second-order valence-electron chi connectivity index (χ2n) is 5.29. The molecule has 3 rings (SSSR count). The van der Waals surface area contributed by atoms with Gasteiger partial charge in [0.2, 0.25) is 0 Å². The van der Waals surface area contributed by atoms with Crippen molar-refractivity contribution in [1.82, 2.24) is 4.90 Å². The average Bonchev–Trinajstić information content (AvgIpc) is 2.85. The Morgan fingerprint density at radius 3 is 2.43 bits per heavy atom. The van der Waals surface area contributed by atoms with Gasteiger partial charge in [0.1, 0.15) is 0 Å². The number of fused-ring (bicyclic) bond motifs is 1. The lowest BCUT2D eigenvalue weighted by atomic mass is 9.97. The second kappa shape index (κ2) is 5.09. The molecule has 0 atom stereocenters. The quantitative estimate of drug-likeness (QED) is 0.924. The van der Waals surface area contributed by atoms with Crippen molar-refractivity contribution in [3.8, 4) is 11.1 Å². The maximum atomic E-state index is 12.4. The molecule has 0 saturated heterocycles. The number of hydrogen-bond donors (Lipinski definition) is 1. The molecule has 3 heteroatoms. The number of carbonyl (C=O) groups excluding carboxylic acids is 1. The van der Waals surface area contributed by atoms with E-state index in [1.54, 1.807) is 4.90 Å². The molecule has 0 aliphatic carbocycles. The summed E-state index contributed by atoms with van der Waals surface area (Å²) in [4.78, 5) is 14.1. The zero-order chi connectivity index (χ0) is 15.0. The lowest BCUT2D eigenvalue weighted by molar-refractivity contribution is 0.0827. The summed E-state index contributed by atoms with van der Waals surface area (Å²) < 4.78 is 0.